The van der Waals surface area contributed by atoms with Gasteiger partial charge in [-0.05, 0) is 18.6 Å². The molecule has 3 rings (SSSR count). The van der Waals surface area contributed by atoms with E-state index in [2.05, 4.69) is 12.2 Å². The van der Waals surface area contributed by atoms with Crippen LogP contribution in [-0.4, -0.2) is 56.7 Å². The number of rotatable bonds is 5. The molecule has 1 fully saturated rings. The number of urea groups is 1. The molecule has 0 bridgehead atoms. The summed E-state index contributed by atoms with van der Waals surface area (Å²) in [4.78, 5) is 13.9. The molecule has 1 atom stereocenters. The Morgan fingerprint density at radius 1 is 1.39 bits per heavy atom. The van der Waals surface area contributed by atoms with Gasteiger partial charge < -0.3 is 29.2 Å². The van der Waals surface area contributed by atoms with E-state index in [1.54, 1.807) is 11.0 Å². The first kappa shape index (κ1) is 15.7. The molecule has 2 aliphatic heterocycles. The third-order valence-corrected chi connectivity index (χ3v) is 3.87. The molecule has 2 aliphatic rings. The lowest BCUT2D eigenvalue weighted by atomic mass is 10.2. The Labute approximate surface area is 135 Å². The van der Waals surface area contributed by atoms with Crippen molar-refractivity contribution in [3.63, 3.8) is 0 Å². The molecule has 0 radical (unpaired) electrons. The maximum Gasteiger partial charge on any atom is 0.317 e. The Morgan fingerprint density at radius 3 is 3.13 bits per heavy atom. The summed E-state index contributed by atoms with van der Waals surface area (Å²) in [5.74, 6) is 2.11. The number of hydrogen-bond donors (Lipinski definition) is 1. The minimum atomic E-state index is -0.0685. The number of amides is 2. The van der Waals surface area contributed by atoms with Crippen molar-refractivity contribution in [2.45, 2.75) is 19.4 Å². The van der Waals surface area contributed by atoms with Crippen molar-refractivity contribution < 1.29 is 23.7 Å². The third kappa shape index (κ3) is 3.98. The molecule has 1 saturated heterocycles. The van der Waals surface area contributed by atoms with Gasteiger partial charge in [-0.2, -0.15) is 0 Å². The lowest BCUT2D eigenvalue weighted by Gasteiger charge is -2.32. The molecular formula is C16H22N2O5. The fraction of sp³-hybridized carbons (Fsp3) is 0.562. The van der Waals surface area contributed by atoms with Crippen molar-refractivity contribution in [1.29, 1.82) is 0 Å². The van der Waals surface area contributed by atoms with Gasteiger partial charge in [-0.3, -0.25) is 0 Å². The van der Waals surface area contributed by atoms with E-state index < -0.39 is 0 Å². The van der Waals surface area contributed by atoms with Crippen LogP contribution in [0, 0.1) is 0 Å². The maximum absolute atomic E-state index is 12.1. The normalized spacial score (nSPS) is 19.5. The van der Waals surface area contributed by atoms with Crippen LogP contribution < -0.4 is 19.5 Å². The van der Waals surface area contributed by atoms with Crippen molar-refractivity contribution >= 4 is 6.03 Å². The molecule has 0 aliphatic carbocycles. The molecule has 0 aromatic heterocycles. The Bertz CT molecular complexity index is 551. The Kier molecular flexibility index (Phi) is 5.07. The monoisotopic (exact) mass is 322 g/mol. The van der Waals surface area contributed by atoms with Gasteiger partial charge in [0.15, 0.2) is 11.5 Å². The standard InChI is InChI=1S/C16H22N2O5/c1-2-12-10-18(6-8-21-12)16(19)17-5-7-20-13-3-4-14-15(9-13)23-11-22-14/h3-4,9,12H,2,5-8,10-11H2,1H3,(H,17,19)/t12-/m1/s1. The number of carbonyl (C=O) groups excluding carboxylic acids is 1. The molecular weight excluding hydrogens is 300 g/mol. The van der Waals surface area contributed by atoms with Gasteiger partial charge in [-0.15, -0.1) is 0 Å². The highest BCUT2D eigenvalue weighted by Gasteiger charge is 2.22. The van der Waals surface area contributed by atoms with E-state index in [0.29, 0.717) is 44.3 Å². The van der Waals surface area contributed by atoms with Crippen LogP contribution in [0.15, 0.2) is 18.2 Å². The van der Waals surface area contributed by atoms with Crippen LogP contribution in [0.3, 0.4) is 0 Å². The van der Waals surface area contributed by atoms with Crippen molar-refractivity contribution in [3.05, 3.63) is 18.2 Å². The second-order valence-electron chi connectivity index (χ2n) is 5.44. The maximum atomic E-state index is 12.1. The van der Waals surface area contributed by atoms with Crippen molar-refractivity contribution in [2.24, 2.45) is 0 Å². The summed E-state index contributed by atoms with van der Waals surface area (Å²) >= 11 is 0. The zero-order chi connectivity index (χ0) is 16.1. The molecule has 0 spiro atoms. The molecule has 126 valence electrons. The molecule has 1 N–H and O–H groups in total. The van der Waals surface area contributed by atoms with Crippen LogP contribution in [0.5, 0.6) is 17.2 Å². The predicted octanol–water partition coefficient (Wildman–Crippen LogP) is 1.61. The number of hydrogen-bond acceptors (Lipinski definition) is 5. The van der Waals surface area contributed by atoms with Crippen molar-refractivity contribution in [3.8, 4) is 17.2 Å². The van der Waals surface area contributed by atoms with Gasteiger partial charge in [0.05, 0.1) is 19.3 Å². The van der Waals surface area contributed by atoms with Gasteiger partial charge in [0.2, 0.25) is 6.79 Å². The number of benzene rings is 1. The van der Waals surface area contributed by atoms with E-state index >= 15 is 0 Å². The lowest BCUT2D eigenvalue weighted by molar-refractivity contribution is -0.0154. The highest BCUT2D eigenvalue weighted by molar-refractivity contribution is 5.74. The SMILES string of the molecule is CC[C@@H]1CN(C(=O)NCCOc2ccc3c(c2)OCO3)CCO1. The molecule has 23 heavy (non-hydrogen) atoms. The average Bonchev–Trinajstić information content (AvgIpc) is 3.06. The zero-order valence-corrected chi connectivity index (χ0v) is 13.2. The first-order valence-corrected chi connectivity index (χ1v) is 7.93. The van der Waals surface area contributed by atoms with E-state index in [9.17, 15) is 4.79 Å². The van der Waals surface area contributed by atoms with Crippen LogP contribution in [0.4, 0.5) is 4.79 Å². The third-order valence-electron chi connectivity index (χ3n) is 3.87. The van der Waals surface area contributed by atoms with Crippen LogP contribution in [0.1, 0.15) is 13.3 Å². The molecule has 0 saturated carbocycles. The lowest BCUT2D eigenvalue weighted by Crippen LogP contribution is -2.50. The summed E-state index contributed by atoms with van der Waals surface area (Å²) in [6, 6.07) is 5.36. The topological polar surface area (TPSA) is 69.3 Å². The number of fused-ring (bicyclic) bond motifs is 1. The predicted molar refractivity (Wildman–Crippen MR) is 83.1 cm³/mol. The van der Waals surface area contributed by atoms with Crippen LogP contribution in [-0.2, 0) is 4.74 Å². The largest absolute Gasteiger partial charge is 0.492 e. The van der Waals surface area contributed by atoms with Gasteiger partial charge in [0, 0.05) is 19.2 Å². The van der Waals surface area contributed by atoms with Crippen LogP contribution in [0.2, 0.25) is 0 Å². The van der Waals surface area contributed by atoms with Gasteiger partial charge in [-0.1, -0.05) is 6.92 Å². The Morgan fingerprint density at radius 2 is 2.26 bits per heavy atom. The summed E-state index contributed by atoms with van der Waals surface area (Å²) in [5, 5.41) is 2.87. The van der Waals surface area contributed by atoms with E-state index in [4.69, 9.17) is 18.9 Å². The highest BCUT2D eigenvalue weighted by atomic mass is 16.7. The second kappa shape index (κ2) is 7.41. The highest BCUT2D eigenvalue weighted by Crippen LogP contribution is 2.34. The molecule has 2 amide bonds. The summed E-state index contributed by atoms with van der Waals surface area (Å²) < 4.78 is 21.7. The van der Waals surface area contributed by atoms with Crippen molar-refractivity contribution in [1.82, 2.24) is 10.2 Å². The number of ether oxygens (including phenoxy) is 4. The quantitative estimate of drug-likeness (QED) is 0.834. The first-order chi connectivity index (χ1) is 11.3. The van der Waals surface area contributed by atoms with Gasteiger partial charge in [-0.25, -0.2) is 4.79 Å². The van der Waals surface area contributed by atoms with Crippen molar-refractivity contribution in [2.75, 3.05) is 39.6 Å². The second-order valence-corrected chi connectivity index (χ2v) is 5.44. The molecule has 7 heteroatoms. The molecule has 2 heterocycles. The fourth-order valence-corrected chi connectivity index (χ4v) is 2.56. The smallest absolute Gasteiger partial charge is 0.317 e. The van der Waals surface area contributed by atoms with Crippen LogP contribution in [0.25, 0.3) is 0 Å². The first-order valence-electron chi connectivity index (χ1n) is 7.93. The number of morpholine rings is 1. The van der Waals surface area contributed by atoms with Gasteiger partial charge >= 0.3 is 6.03 Å². The fourth-order valence-electron chi connectivity index (χ4n) is 2.56. The summed E-state index contributed by atoms with van der Waals surface area (Å²) in [7, 11) is 0. The summed E-state index contributed by atoms with van der Waals surface area (Å²) in [5.41, 5.74) is 0. The Hall–Kier alpha value is -2.15. The Balaban J connectivity index is 1.38. The van der Waals surface area contributed by atoms with E-state index in [1.165, 1.54) is 0 Å². The molecule has 0 unspecified atom stereocenters. The number of carbonyl (C=O) groups is 1. The van der Waals surface area contributed by atoms with Crippen LogP contribution >= 0.6 is 0 Å². The van der Waals surface area contributed by atoms with E-state index in [1.807, 2.05) is 12.1 Å². The van der Waals surface area contributed by atoms with Gasteiger partial charge in [0.1, 0.15) is 12.4 Å². The average molecular weight is 322 g/mol. The summed E-state index contributed by atoms with van der Waals surface area (Å²) in [6.45, 7) is 5.02. The number of nitrogens with one attached hydrogen (secondary N) is 1. The van der Waals surface area contributed by atoms with E-state index in [-0.39, 0.29) is 18.9 Å². The van der Waals surface area contributed by atoms with E-state index in [0.717, 1.165) is 12.2 Å². The molecule has 1 aromatic carbocycles. The molecule has 7 nitrogen and oxygen atoms in total. The summed E-state index contributed by atoms with van der Waals surface area (Å²) in [6.07, 6.45) is 1.05. The minimum absolute atomic E-state index is 0.0685. The zero-order valence-electron chi connectivity index (χ0n) is 13.2. The van der Waals surface area contributed by atoms with Gasteiger partial charge in [0.25, 0.3) is 0 Å². The molecule has 1 aromatic rings. The minimum Gasteiger partial charge on any atom is -0.492 e. The number of nitrogens with zero attached hydrogens (tertiary/aromatic N) is 1.